The van der Waals surface area contributed by atoms with Gasteiger partial charge in [0.1, 0.15) is 17.1 Å². The number of phenols is 1. The van der Waals surface area contributed by atoms with Gasteiger partial charge in [0.05, 0.1) is 27.0 Å². The van der Waals surface area contributed by atoms with Crippen molar-refractivity contribution in [1.82, 2.24) is 9.88 Å². The normalized spacial score (nSPS) is 15.2. The minimum Gasteiger partial charge on any atom is -0.505 e. The van der Waals surface area contributed by atoms with Gasteiger partial charge in [-0.2, -0.15) is 0 Å². The molecule has 6 nitrogen and oxygen atoms in total. The average Bonchev–Trinajstić information content (AvgIpc) is 2.62. The number of hydrogen-bond donors (Lipinski definition) is 2. The number of likely N-dealkylation sites (N-methyl/N-ethyl adjacent to an activating group) is 1. The first-order chi connectivity index (χ1) is 12.4. The molecular formula is C17H17Cl3N4O2. The van der Waals surface area contributed by atoms with Crippen LogP contribution in [0.4, 0.5) is 11.5 Å². The standard InChI is InChI=1S/C17H17Cl3N4O2/c1-23-4-6-24(7-5-23)13-3-2-10(9-21-13)22-17(26)14-15(20)11(18)8-12(19)16(14)25/h2-3,8-9,25H,4-7H2,1H3,(H,22,26). The summed E-state index contributed by atoms with van der Waals surface area (Å²) in [6.45, 7) is 3.76. The Labute approximate surface area is 166 Å². The fourth-order valence-electron chi connectivity index (χ4n) is 2.67. The van der Waals surface area contributed by atoms with E-state index < -0.39 is 11.7 Å². The number of benzene rings is 1. The van der Waals surface area contributed by atoms with Crippen LogP contribution in [0.15, 0.2) is 24.4 Å². The van der Waals surface area contributed by atoms with Gasteiger partial charge in [-0.3, -0.25) is 4.79 Å². The number of halogens is 3. The maximum Gasteiger partial charge on any atom is 0.261 e. The molecule has 1 aliphatic heterocycles. The van der Waals surface area contributed by atoms with Crippen LogP contribution < -0.4 is 10.2 Å². The third-order valence-corrected chi connectivity index (χ3v) is 5.28. The van der Waals surface area contributed by atoms with Gasteiger partial charge in [-0.25, -0.2) is 4.98 Å². The van der Waals surface area contributed by atoms with Crippen LogP contribution in [0.3, 0.4) is 0 Å². The molecule has 1 amide bonds. The maximum atomic E-state index is 12.5. The number of nitrogens with zero attached hydrogens (tertiary/aromatic N) is 3. The fraction of sp³-hybridized carbons (Fsp3) is 0.294. The summed E-state index contributed by atoms with van der Waals surface area (Å²) in [5, 5.41) is 12.6. The summed E-state index contributed by atoms with van der Waals surface area (Å²) in [4.78, 5) is 21.3. The number of piperazine rings is 1. The molecule has 0 unspecified atom stereocenters. The Balaban J connectivity index is 1.75. The van der Waals surface area contributed by atoms with E-state index in [4.69, 9.17) is 34.8 Å². The molecule has 2 heterocycles. The number of carbonyl (C=O) groups is 1. The van der Waals surface area contributed by atoms with E-state index in [0.717, 1.165) is 32.0 Å². The zero-order valence-electron chi connectivity index (χ0n) is 14.0. The summed E-state index contributed by atoms with van der Waals surface area (Å²) in [6, 6.07) is 4.87. The minimum absolute atomic E-state index is 0.0481. The number of aromatic nitrogens is 1. The van der Waals surface area contributed by atoms with Gasteiger partial charge in [0.2, 0.25) is 0 Å². The largest absolute Gasteiger partial charge is 0.505 e. The second-order valence-electron chi connectivity index (χ2n) is 6.03. The summed E-state index contributed by atoms with van der Waals surface area (Å²) < 4.78 is 0. The Kier molecular flexibility index (Phi) is 5.77. The van der Waals surface area contributed by atoms with Gasteiger partial charge in [0.25, 0.3) is 5.91 Å². The van der Waals surface area contributed by atoms with Crippen LogP contribution in [-0.2, 0) is 0 Å². The van der Waals surface area contributed by atoms with Gasteiger partial charge in [-0.15, -0.1) is 0 Å². The number of hydrogen-bond acceptors (Lipinski definition) is 5. The predicted octanol–water partition coefficient (Wildman–Crippen LogP) is 3.75. The first kappa shape index (κ1) is 19.0. The molecule has 1 saturated heterocycles. The Morgan fingerprint density at radius 1 is 1.15 bits per heavy atom. The predicted molar refractivity (Wildman–Crippen MR) is 105 cm³/mol. The zero-order chi connectivity index (χ0) is 18.8. The van der Waals surface area contributed by atoms with E-state index >= 15 is 0 Å². The molecular weight excluding hydrogens is 399 g/mol. The molecule has 0 saturated carbocycles. The lowest BCUT2D eigenvalue weighted by Crippen LogP contribution is -2.44. The summed E-state index contributed by atoms with van der Waals surface area (Å²) in [7, 11) is 2.09. The maximum absolute atomic E-state index is 12.5. The smallest absolute Gasteiger partial charge is 0.261 e. The minimum atomic E-state index is -0.619. The van der Waals surface area contributed by atoms with E-state index in [1.165, 1.54) is 6.07 Å². The number of aromatic hydroxyl groups is 1. The van der Waals surface area contributed by atoms with E-state index in [1.54, 1.807) is 12.3 Å². The van der Waals surface area contributed by atoms with Crippen molar-refractivity contribution in [1.29, 1.82) is 0 Å². The van der Waals surface area contributed by atoms with Crippen LogP contribution in [0.1, 0.15) is 10.4 Å². The number of amides is 1. The molecule has 2 N–H and O–H groups in total. The molecule has 2 aromatic rings. The van der Waals surface area contributed by atoms with Crippen LogP contribution in [0.2, 0.25) is 15.1 Å². The zero-order valence-corrected chi connectivity index (χ0v) is 16.2. The van der Waals surface area contributed by atoms with Gasteiger partial charge >= 0.3 is 0 Å². The van der Waals surface area contributed by atoms with Crippen molar-refractivity contribution in [3.05, 3.63) is 45.0 Å². The summed E-state index contributed by atoms with van der Waals surface area (Å²) in [6.07, 6.45) is 1.56. The first-order valence-corrected chi connectivity index (χ1v) is 9.07. The highest BCUT2D eigenvalue weighted by Gasteiger charge is 2.22. The highest BCUT2D eigenvalue weighted by molar-refractivity contribution is 6.46. The van der Waals surface area contributed by atoms with Crippen LogP contribution in [-0.4, -0.2) is 54.1 Å². The van der Waals surface area contributed by atoms with Gasteiger partial charge in [-0.05, 0) is 25.2 Å². The molecule has 1 aromatic heterocycles. The van der Waals surface area contributed by atoms with Crippen molar-refractivity contribution >= 4 is 52.2 Å². The van der Waals surface area contributed by atoms with E-state index in [9.17, 15) is 9.90 Å². The molecule has 1 fully saturated rings. The molecule has 1 aliphatic rings. The molecule has 0 bridgehead atoms. The summed E-state index contributed by atoms with van der Waals surface area (Å²) >= 11 is 17.8. The lowest BCUT2D eigenvalue weighted by Gasteiger charge is -2.33. The third-order valence-electron chi connectivity index (χ3n) is 4.21. The van der Waals surface area contributed by atoms with E-state index in [-0.39, 0.29) is 20.6 Å². The van der Waals surface area contributed by atoms with Crippen molar-refractivity contribution in [3.63, 3.8) is 0 Å². The van der Waals surface area contributed by atoms with Crippen molar-refractivity contribution < 1.29 is 9.90 Å². The Morgan fingerprint density at radius 2 is 1.85 bits per heavy atom. The molecule has 0 aliphatic carbocycles. The molecule has 1 aromatic carbocycles. The number of nitrogens with one attached hydrogen (secondary N) is 1. The fourth-order valence-corrected chi connectivity index (χ4v) is 3.36. The van der Waals surface area contributed by atoms with Gasteiger partial charge in [0.15, 0.2) is 0 Å². The van der Waals surface area contributed by atoms with Crippen LogP contribution in [0.5, 0.6) is 5.75 Å². The molecule has 3 rings (SSSR count). The van der Waals surface area contributed by atoms with Gasteiger partial charge in [-0.1, -0.05) is 34.8 Å². The lowest BCUT2D eigenvalue weighted by atomic mass is 10.1. The summed E-state index contributed by atoms with van der Waals surface area (Å²) in [5.74, 6) is -0.186. The van der Waals surface area contributed by atoms with Gasteiger partial charge < -0.3 is 20.2 Å². The highest BCUT2D eigenvalue weighted by Crippen LogP contribution is 2.38. The SMILES string of the molecule is CN1CCN(c2ccc(NC(=O)c3c(O)c(Cl)cc(Cl)c3Cl)cn2)CC1. The van der Waals surface area contributed by atoms with Crippen molar-refractivity contribution in [2.45, 2.75) is 0 Å². The number of carbonyl (C=O) groups excluding carboxylic acids is 1. The summed E-state index contributed by atoms with van der Waals surface area (Å²) in [5.41, 5.74) is 0.298. The molecule has 0 atom stereocenters. The lowest BCUT2D eigenvalue weighted by molar-refractivity contribution is 0.102. The Bertz CT molecular complexity index is 795. The molecule has 0 spiro atoms. The van der Waals surface area contributed by atoms with Gasteiger partial charge in [0, 0.05) is 26.2 Å². The molecule has 9 heteroatoms. The van der Waals surface area contributed by atoms with E-state index in [1.807, 2.05) is 6.07 Å². The second kappa shape index (κ2) is 7.88. The number of rotatable bonds is 3. The molecule has 26 heavy (non-hydrogen) atoms. The Hall–Kier alpha value is -1.73. The first-order valence-electron chi connectivity index (χ1n) is 7.94. The quantitative estimate of drug-likeness (QED) is 0.747. The molecule has 0 radical (unpaired) electrons. The van der Waals surface area contributed by atoms with Crippen LogP contribution in [0.25, 0.3) is 0 Å². The molecule has 138 valence electrons. The van der Waals surface area contributed by atoms with E-state index in [0.29, 0.717) is 5.69 Å². The average molecular weight is 416 g/mol. The van der Waals surface area contributed by atoms with Crippen LogP contribution >= 0.6 is 34.8 Å². The van der Waals surface area contributed by atoms with Crippen molar-refractivity contribution in [2.75, 3.05) is 43.4 Å². The topological polar surface area (TPSA) is 68.7 Å². The number of anilines is 2. The monoisotopic (exact) mass is 414 g/mol. The van der Waals surface area contributed by atoms with E-state index in [2.05, 4.69) is 27.1 Å². The van der Waals surface area contributed by atoms with Crippen molar-refractivity contribution in [3.8, 4) is 5.75 Å². The van der Waals surface area contributed by atoms with Crippen molar-refractivity contribution in [2.24, 2.45) is 0 Å². The third kappa shape index (κ3) is 3.99. The number of pyridine rings is 1. The number of phenolic OH excluding ortho intramolecular Hbond substituents is 1. The Morgan fingerprint density at radius 3 is 2.46 bits per heavy atom. The highest BCUT2D eigenvalue weighted by atomic mass is 35.5. The second-order valence-corrected chi connectivity index (χ2v) is 7.22. The van der Waals surface area contributed by atoms with Crippen LogP contribution in [0, 0.1) is 0 Å².